The molecular weight excluding hydrogens is 344 g/mol. The highest BCUT2D eigenvalue weighted by Crippen LogP contribution is 2.22. The maximum Gasteiger partial charge on any atom is 0.290 e. The zero-order chi connectivity index (χ0) is 19.1. The average Bonchev–Trinajstić information content (AvgIpc) is 2.72. The molecule has 27 heavy (non-hydrogen) atoms. The Balaban J connectivity index is 1.88. The molecule has 0 saturated carbocycles. The third-order valence-electron chi connectivity index (χ3n) is 3.85. The van der Waals surface area contributed by atoms with Crippen LogP contribution in [0.15, 0.2) is 77.6 Å². The standard InChI is InChI=1S/C20H20N4O3/c1-27-15-14-23-19(25)13-12-18(21-23)20(26)22-24(16-8-4-2-5-9-16)17-10-6-3-7-11-17/h2-13H,14-15H2,1H3,(H,22,26). The minimum atomic E-state index is -0.422. The molecule has 1 amide bonds. The Morgan fingerprint density at radius 3 is 2.15 bits per heavy atom. The maximum atomic E-state index is 12.8. The summed E-state index contributed by atoms with van der Waals surface area (Å²) in [5.41, 5.74) is 4.30. The first-order valence-corrected chi connectivity index (χ1v) is 8.47. The number of hydrazine groups is 1. The van der Waals surface area contributed by atoms with Gasteiger partial charge in [-0.2, -0.15) is 5.10 Å². The van der Waals surface area contributed by atoms with Crippen molar-refractivity contribution in [3.8, 4) is 0 Å². The van der Waals surface area contributed by atoms with Crippen LogP contribution in [0.3, 0.4) is 0 Å². The van der Waals surface area contributed by atoms with Crippen molar-refractivity contribution in [1.29, 1.82) is 0 Å². The van der Waals surface area contributed by atoms with Crippen LogP contribution < -0.4 is 16.0 Å². The molecule has 0 bridgehead atoms. The first-order chi connectivity index (χ1) is 13.2. The molecule has 0 spiro atoms. The number of anilines is 2. The molecule has 0 aliphatic carbocycles. The number of methoxy groups -OCH3 is 1. The molecule has 1 heterocycles. The third kappa shape index (κ3) is 4.59. The quantitative estimate of drug-likeness (QED) is 0.652. The van der Waals surface area contributed by atoms with E-state index in [1.165, 1.54) is 16.8 Å². The molecule has 3 aromatic rings. The van der Waals surface area contributed by atoms with Gasteiger partial charge in [0.25, 0.3) is 11.5 Å². The molecule has 1 aromatic heterocycles. The van der Waals surface area contributed by atoms with E-state index in [1.807, 2.05) is 60.7 Å². The molecule has 7 nitrogen and oxygen atoms in total. The van der Waals surface area contributed by atoms with Crippen molar-refractivity contribution in [3.05, 3.63) is 88.8 Å². The van der Waals surface area contributed by atoms with Crippen LogP contribution in [0.4, 0.5) is 11.4 Å². The lowest BCUT2D eigenvalue weighted by Gasteiger charge is -2.25. The van der Waals surface area contributed by atoms with Gasteiger partial charge in [0.2, 0.25) is 0 Å². The van der Waals surface area contributed by atoms with E-state index < -0.39 is 5.91 Å². The number of hydrogen-bond donors (Lipinski definition) is 1. The second-order valence-corrected chi connectivity index (χ2v) is 5.72. The van der Waals surface area contributed by atoms with E-state index in [0.717, 1.165) is 11.4 Å². The Kier molecular flexibility index (Phi) is 5.96. The van der Waals surface area contributed by atoms with Gasteiger partial charge < -0.3 is 4.74 Å². The highest BCUT2D eigenvalue weighted by Gasteiger charge is 2.16. The van der Waals surface area contributed by atoms with Gasteiger partial charge >= 0.3 is 0 Å². The van der Waals surface area contributed by atoms with E-state index in [1.54, 1.807) is 12.1 Å². The van der Waals surface area contributed by atoms with Crippen molar-refractivity contribution in [2.75, 3.05) is 18.7 Å². The number of para-hydroxylation sites is 2. The fourth-order valence-corrected chi connectivity index (χ4v) is 2.50. The molecule has 0 fully saturated rings. The van der Waals surface area contributed by atoms with Crippen LogP contribution in [-0.4, -0.2) is 29.4 Å². The van der Waals surface area contributed by atoms with E-state index in [-0.39, 0.29) is 17.8 Å². The molecule has 2 aromatic carbocycles. The number of aromatic nitrogens is 2. The summed E-state index contributed by atoms with van der Waals surface area (Å²) in [5.74, 6) is -0.422. The second kappa shape index (κ2) is 8.77. The Hall–Kier alpha value is -3.45. The molecule has 138 valence electrons. The summed E-state index contributed by atoms with van der Waals surface area (Å²) in [6, 6.07) is 21.7. The van der Waals surface area contributed by atoms with Crippen LogP contribution in [0.5, 0.6) is 0 Å². The number of benzene rings is 2. The molecule has 0 aliphatic heterocycles. The Morgan fingerprint density at radius 1 is 1.00 bits per heavy atom. The number of nitrogens with zero attached hydrogens (tertiary/aromatic N) is 3. The van der Waals surface area contributed by atoms with Crippen LogP contribution in [0.25, 0.3) is 0 Å². The van der Waals surface area contributed by atoms with E-state index in [2.05, 4.69) is 10.5 Å². The lowest BCUT2D eigenvalue weighted by Crippen LogP contribution is -2.40. The number of rotatable bonds is 7. The van der Waals surface area contributed by atoms with Gasteiger partial charge in [0, 0.05) is 13.2 Å². The van der Waals surface area contributed by atoms with Gasteiger partial charge in [-0.1, -0.05) is 36.4 Å². The summed E-state index contributed by atoms with van der Waals surface area (Å²) in [6.45, 7) is 0.607. The number of amides is 1. The normalized spacial score (nSPS) is 10.4. The summed E-state index contributed by atoms with van der Waals surface area (Å²) in [4.78, 5) is 24.6. The minimum Gasteiger partial charge on any atom is -0.383 e. The summed E-state index contributed by atoms with van der Waals surface area (Å²) in [6.07, 6.45) is 0. The van der Waals surface area contributed by atoms with E-state index in [0.29, 0.717) is 6.61 Å². The molecule has 0 aliphatic rings. The van der Waals surface area contributed by atoms with Crippen molar-refractivity contribution in [3.63, 3.8) is 0 Å². The Labute approximate surface area is 156 Å². The topological polar surface area (TPSA) is 76.5 Å². The van der Waals surface area contributed by atoms with Crippen molar-refractivity contribution < 1.29 is 9.53 Å². The van der Waals surface area contributed by atoms with Crippen LogP contribution >= 0.6 is 0 Å². The lowest BCUT2D eigenvalue weighted by atomic mass is 10.2. The monoisotopic (exact) mass is 364 g/mol. The van der Waals surface area contributed by atoms with Crippen molar-refractivity contribution in [1.82, 2.24) is 15.2 Å². The maximum absolute atomic E-state index is 12.8. The van der Waals surface area contributed by atoms with E-state index in [9.17, 15) is 9.59 Å². The molecular formula is C20H20N4O3. The average molecular weight is 364 g/mol. The summed E-state index contributed by atoms with van der Waals surface area (Å²) in [5, 5.41) is 5.81. The zero-order valence-corrected chi connectivity index (χ0v) is 14.9. The van der Waals surface area contributed by atoms with Crippen molar-refractivity contribution >= 4 is 17.3 Å². The summed E-state index contributed by atoms with van der Waals surface area (Å²) < 4.78 is 6.19. The predicted octanol–water partition coefficient (Wildman–Crippen LogP) is 2.37. The minimum absolute atomic E-state index is 0.141. The van der Waals surface area contributed by atoms with Crippen molar-refractivity contribution in [2.45, 2.75) is 6.54 Å². The molecule has 0 radical (unpaired) electrons. The second-order valence-electron chi connectivity index (χ2n) is 5.72. The first-order valence-electron chi connectivity index (χ1n) is 8.47. The number of hydrogen-bond acceptors (Lipinski definition) is 5. The third-order valence-corrected chi connectivity index (χ3v) is 3.85. The predicted molar refractivity (Wildman–Crippen MR) is 103 cm³/mol. The molecule has 7 heteroatoms. The number of ether oxygens (including phenoxy) is 1. The fourth-order valence-electron chi connectivity index (χ4n) is 2.50. The zero-order valence-electron chi connectivity index (χ0n) is 14.9. The fraction of sp³-hybridized carbons (Fsp3) is 0.150. The van der Waals surface area contributed by atoms with E-state index >= 15 is 0 Å². The van der Waals surface area contributed by atoms with Crippen molar-refractivity contribution in [2.24, 2.45) is 0 Å². The lowest BCUT2D eigenvalue weighted by molar-refractivity contribution is 0.0945. The molecule has 3 rings (SSSR count). The van der Waals surface area contributed by atoms with Gasteiger partial charge in [0.05, 0.1) is 24.5 Å². The molecule has 0 unspecified atom stereocenters. The van der Waals surface area contributed by atoms with Gasteiger partial charge in [-0.05, 0) is 30.3 Å². The first kappa shape index (κ1) is 18.3. The van der Waals surface area contributed by atoms with Gasteiger partial charge in [0.1, 0.15) is 0 Å². The van der Waals surface area contributed by atoms with Crippen LogP contribution in [-0.2, 0) is 11.3 Å². The highest BCUT2D eigenvalue weighted by molar-refractivity contribution is 5.94. The van der Waals surface area contributed by atoms with Gasteiger partial charge in [-0.15, -0.1) is 0 Å². The van der Waals surface area contributed by atoms with Gasteiger partial charge in [0.15, 0.2) is 5.69 Å². The molecule has 0 saturated heterocycles. The smallest absolute Gasteiger partial charge is 0.290 e. The largest absolute Gasteiger partial charge is 0.383 e. The number of nitrogens with one attached hydrogen (secondary N) is 1. The number of carbonyl (C=O) groups excluding carboxylic acids is 1. The highest BCUT2D eigenvalue weighted by atomic mass is 16.5. The van der Waals surface area contributed by atoms with Crippen LogP contribution in [0, 0.1) is 0 Å². The summed E-state index contributed by atoms with van der Waals surface area (Å²) >= 11 is 0. The van der Waals surface area contributed by atoms with Gasteiger partial charge in [-0.3, -0.25) is 20.0 Å². The molecule has 1 N–H and O–H groups in total. The van der Waals surface area contributed by atoms with Gasteiger partial charge in [-0.25, -0.2) is 4.68 Å². The SMILES string of the molecule is COCCn1nc(C(=O)NN(c2ccccc2)c2ccccc2)ccc1=O. The Morgan fingerprint density at radius 2 is 1.59 bits per heavy atom. The van der Waals surface area contributed by atoms with E-state index in [4.69, 9.17) is 4.74 Å². The van der Waals surface area contributed by atoms with Crippen LogP contribution in [0.1, 0.15) is 10.5 Å². The Bertz CT molecular complexity index is 903. The molecule has 0 atom stereocenters. The van der Waals surface area contributed by atoms with Crippen LogP contribution in [0.2, 0.25) is 0 Å². The number of carbonyl (C=O) groups is 1. The summed E-state index contributed by atoms with van der Waals surface area (Å²) in [7, 11) is 1.54.